The van der Waals surface area contributed by atoms with Crippen molar-refractivity contribution in [1.82, 2.24) is 19.0 Å². The monoisotopic (exact) mass is 366 g/mol. The number of aryl methyl sites for hydroxylation is 1. The zero-order valence-electron chi connectivity index (χ0n) is 13.8. The van der Waals surface area contributed by atoms with Gasteiger partial charge in [-0.05, 0) is 30.7 Å². The van der Waals surface area contributed by atoms with Gasteiger partial charge in [0.05, 0.1) is 11.1 Å². The van der Waals surface area contributed by atoms with Crippen LogP contribution in [0.15, 0.2) is 41.6 Å². The molecule has 0 bridgehead atoms. The molecule has 134 valence electrons. The van der Waals surface area contributed by atoms with E-state index in [1.165, 1.54) is 22.5 Å². The number of carbonyl (C=O) groups excluding carboxylic acids is 1. The Morgan fingerprint density at radius 2 is 1.96 bits per heavy atom. The molecule has 0 atom stereocenters. The molecule has 2 heterocycles. The first-order valence-corrected chi connectivity index (χ1v) is 9.33. The standard InChI is InChI=1S/C16H19FN4O3S/c1-13-10-18-20(11-13)12-16(22)19-5-7-21(8-6-19)25(23,24)15-4-2-3-14(17)9-15/h2-4,9-11H,5-8,12H2,1H3. The van der Waals surface area contributed by atoms with Gasteiger partial charge in [-0.3, -0.25) is 9.48 Å². The van der Waals surface area contributed by atoms with Gasteiger partial charge < -0.3 is 4.90 Å². The van der Waals surface area contributed by atoms with Crippen LogP contribution >= 0.6 is 0 Å². The van der Waals surface area contributed by atoms with Gasteiger partial charge >= 0.3 is 0 Å². The van der Waals surface area contributed by atoms with Gasteiger partial charge in [0, 0.05) is 32.4 Å². The molecule has 9 heteroatoms. The second-order valence-corrected chi connectivity index (χ2v) is 7.90. The Bertz CT molecular complexity index is 873. The van der Waals surface area contributed by atoms with Crippen LogP contribution in [-0.4, -0.2) is 59.5 Å². The van der Waals surface area contributed by atoms with Crippen LogP contribution < -0.4 is 0 Å². The summed E-state index contributed by atoms with van der Waals surface area (Å²) in [6.07, 6.45) is 3.46. The highest BCUT2D eigenvalue weighted by atomic mass is 32.2. The van der Waals surface area contributed by atoms with E-state index in [0.29, 0.717) is 13.1 Å². The summed E-state index contributed by atoms with van der Waals surface area (Å²) in [4.78, 5) is 13.8. The number of carbonyl (C=O) groups is 1. The minimum atomic E-state index is -3.75. The first kappa shape index (κ1) is 17.6. The molecule has 3 rings (SSSR count). The summed E-state index contributed by atoms with van der Waals surface area (Å²) >= 11 is 0. The Balaban J connectivity index is 1.62. The van der Waals surface area contributed by atoms with E-state index in [9.17, 15) is 17.6 Å². The van der Waals surface area contributed by atoms with E-state index in [0.717, 1.165) is 11.6 Å². The minimum absolute atomic E-state index is 0.0701. The molecule has 0 N–H and O–H groups in total. The van der Waals surface area contributed by atoms with Gasteiger partial charge in [-0.1, -0.05) is 6.07 Å². The van der Waals surface area contributed by atoms with Crippen LogP contribution in [-0.2, 0) is 21.4 Å². The van der Waals surface area contributed by atoms with E-state index in [1.807, 2.05) is 6.92 Å². The fourth-order valence-electron chi connectivity index (χ4n) is 2.75. The van der Waals surface area contributed by atoms with Crippen LogP contribution in [0.1, 0.15) is 5.56 Å². The third-order valence-corrected chi connectivity index (χ3v) is 5.98. The largest absolute Gasteiger partial charge is 0.338 e. The highest BCUT2D eigenvalue weighted by molar-refractivity contribution is 7.89. The maximum Gasteiger partial charge on any atom is 0.244 e. The second-order valence-electron chi connectivity index (χ2n) is 5.96. The lowest BCUT2D eigenvalue weighted by Gasteiger charge is -2.34. The van der Waals surface area contributed by atoms with Crippen LogP contribution in [0.25, 0.3) is 0 Å². The first-order chi connectivity index (χ1) is 11.9. The molecule has 0 radical (unpaired) electrons. The van der Waals surface area contributed by atoms with Gasteiger partial charge in [-0.15, -0.1) is 0 Å². The van der Waals surface area contributed by atoms with E-state index in [-0.39, 0.29) is 30.4 Å². The van der Waals surface area contributed by atoms with Crippen molar-refractivity contribution in [1.29, 1.82) is 0 Å². The minimum Gasteiger partial charge on any atom is -0.338 e. The third kappa shape index (κ3) is 3.88. The summed E-state index contributed by atoms with van der Waals surface area (Å²) < 4.78 is 41.2. The first-order valence-electron chi connectivity index (χ1n) is 7.89. The molecule has 0 unspecified atom stereocenters. The lowest BCUT2D eigenvalue weighted by atomic mass is 10.3. The van der Waals surface area contributed by atoms with Crippen molar-refractivity contribution in [3.8, 4) is 0 Å². The van der Waals surface area contributed by atoms with Crippen molar-refractivity contribution < 1.29 is 17.6 Å². The van der Waals surface area contributed by atoms with Gasteiger partial charge in [-0.2, -0.15) is 9.40 Å². The molecule has 0 spiro atoms. The van der Waals surface area contributed by atoms with Crippen LogP contribution in [0.5, 0.6) is 0 Å². The van der Waals surface area contributed by atoms with Gasteiger partial charge in [-0.25, -0.2) is 12.8 Å². The van der Waals surface area contributed by atoms with Gasteiger partial charge in [0.25, 0.3) is 0 Å². The van der Waals surface area contributed by atoms with Crippen LogP contribution in [0.3, 0.4) is 0 Å². The summed E-state index contributed by atoms with van der Waals surface area (Å²) in [7, 11) is -3.75. The van der Waals surface area contributed by atoms with Crippen LogP contribution in [0, 0.1) is 12.7 Å². The molecule has 2 aromatic rings. The average molecular weight is 366 g/mol. The molecule has 1 aromatic heterocycles. The predicted molar refractivity (Wildman–Crippen MR) is 88.7 cm³/mol. The molecule has 0 aliphatic carbocycles. The maximum absolute atomic E-state index is 13.3. The van der Waals surface area contributed by atoms with Crippen molar-refractivity contribution >= 4 is 15.9 Å². The summed E-state index contributed by atoms with van der Waals surface area (Å²) in [5, 5.41) is 4.08. The average Bonchev–Trinajstić information content (AvgIpc) is 3.00. The maximum atomic E-state index is 13.3. The van der Waals surface area contributed by atoms with Gasteiger partial charge in [0.1, 0.15) is 12.4 Å². The lowest BCUT2D eigenvalue weighted by molar-refractivity contribution is -0.133. The zero-order valence-corrected chi connectivity index (χ0v) is 14.6. The van der Waals surface area contributed by atoms with Crippen molar-refractivity contribution in [3.63, 3.8) is 0 Å². The molecule has 1 aromatic carbocycles. The van der Waals surface area contributed by atoms with Crippen molar-refractivity contribution in [2.75, 3.05) is 26.2 Å². The number of hydrogen-bond donors (Lipinski definition) is 0. The number of benzene rings is 1. The van der Waals surface area contributed by atoms with E-state index >= 15 is 0 Å². The van der Waals surface area contributed by atoms with Crippen molar-refractivity contribution in [3.05, 3.63) is 48.0 Å². The number of sulfonamides is 1. The molecule has 0 saturated carbocycles. The molecule has 1 aliphatic rings. The number of hydrogen-bond acceptors (Lipinski definition) is 4. The van der Waals surface area contributed by atoms with E-state index in [4.69, 9.17) is 0 Å². The van der Waals surface area contributed by atoms with Gasteiger partial charge in [0.15, 0.2) is 0 Å². The number of rotatable bonds is 4. The summed E-state index contributed by atoms with van der Waals surface area (Å²) in [6, 6.07) is 4.95. The molecule has 1 amide bonds. The summed E-state index contributed by atoms with van der Waals surface area (Å²) in [6.45, 7) is 2.99. The zero-order chi connectivity index (χ0) is 18.0. The summed E-state index contributed by atoms with van der Waals surface area (Å²) in [5.41, 5.74) is 0.971. The van der Waals surface area contributed by atoms with Crippen molar-refractivity contribution in [2.45, 2.75) is 18.4 Å². The fraction of sp³-hybridized carbons (Fsp3) is 0.375. The topological polar surface area (TPSA) is 75.5 Å². The highest BCUT2D eigenvalue weighted by Gasteiger charge is 2.30. The Morgan fingerprint density at radius 1 is 1.24 bits per heavy atom. The molecule has 1 aliphatic heterocycles. The number of aromatic nitrogens is 2. The van der Waals surface area contributed by atoms with Crippen LogP contribution in [0.2, 0.25) is 0 Å². The summed E-state index contributed by atoms with van der Waals surface area (Å²) in [5.74, 6) is -0.699. The fourth-order valence-corrected chi connectivity index (χ4v) is 4.20. The van der Waals surface area contributed by atoms with E-state index in [2.05, 4.69) is 5.10 Å². The Kier molecular flexibility index (Phi) is 4.87. The SMILES string of the molecule is Cc1cnn(CC(=O)N2CCN(S(=O)(=O)c3cccc(F)c3)CC2)c1. The normalized spacial score (nSPS) is 16.2. The molecule has 25 heavy (non-hydrogen) atoms. The van der Waals surface area contributed by atoms with Gasteiger partial charge in [0.2, 0.25) is 15.9 Å². The smallest absolute Gasteiger partial charge is 0.244 e. The molecular weight excluding hydrogens is 347 g/mol. The number of piperazine rings is 1. The number of amides is 1. The van der Waals surface area contributed by atoms with E-state index < -0.39 is 15.8 Å². The molecule has 1 saturated heterocycles. The Labute approximate surface area is 145 Å². The predicted octanol–water partition coefficient (Wildman–Crippen LogP) is 0.864. The second kappa shape index (κ2) is 6.93. The van der Waals surface area contributed by atoms with Crippen LogP contribution in [0.4, 0.5) is 4.39 Å². The molecule has 7 nitrogen and oxygen atoms in total. The Hall–Kier alpha value is -2.26. The highest BCUT2D eigenvalue weighted by Crippen LogP contribution is 2.18. The number of nitrogens with zero attached hydrogens (tertiary/aromatic N) is 4. The van der Waals surface area contributed by atoms with Crippen molar-refractivity contribution in [2.24, 2.45) is 0 Å². The molecular formula is C16H19FN4O3S. The quantitative estimate of drug-likeness (QED) is 0.804. The number of halogens is 1. The molecule has 1 fully saturated rings. The third-order valence-electron chi connectivity index (χ3n) is 4.08. The Morgan fingerprint density at radius 3 is 2.56 bits per heavy atom. The van der Waals surface area contributed by atoms with E-state index in [1.54, 1.807) is 22.0 Å². The lowest BCUT2D eigenvalue weighted by Crippen LogP contribution is -2.51.